The van der Waals surface area contributed by atoms with Crippen molar-refractivity contribution in [3.05, 3.63) is 71.3 Å². The average Bonchev–Trinajstić information content (AvgIpc) is 3.26. The van der Waals surface area contributed by atoms with Gasteiger partial charge in [0.25, 0.3) is 5.91 Å². The minimum absolute atomic E-state index is 0.0796. The molecule has 186 valence electrons. The van der Waals surface area contributed by atoms with Gasteiger partial charge in [-0.15, -0.1) is 0 Å². The highest BCUT2D eigenvalue weighted by molar-refractivity contribution is 5.94. The molecule has 2 fully saturated rings. The third-order valence-corrected chi connectivity index (χ3v) is 8.68. The Morgan fingerprint density at radius 2 is 1.66 bits per heavy atom. The summed E-state index contributed by atoms with van der Waals surface area (Å²) in [6, 6.07) is 18.2. The van der Waals surface area contributed by atoms with E-state index in [2.05, 4.69) is 39.8 Å². The van der Waals surface area contributed by atoms with Crippen LogP contribution in [0.5, 0.6) is 0 Å². The summed E-state index contributed by atoms with van der Waals surface area (Å²) in [5, 5.41) is 6.31. The standard InChI is InChI=1S/C30H39N3O2/c34-28(24-10-2-1-3-11-24)32-27-14-7-5-12-25(27)29(35)31-19-8-20-33-21-17-30(18-22-33)16-15-23-9-4-6-13-26(23)30/h1-4,6,9-11,13,25,27H,5,7-8,12,14-22H2,(H,31,35)(H,32,34)/t25-,27+/m1/s1. The first-order chi connectivity index (χ1) is 17.1. The maximum Gasteiger partial charge on any atom is 0.251 e. The number of nitrogens with zero attached hydrogens (tertiary/aromatic N) is 1. The van der Waals surface area contributed by atoms with Gasteiger partial charge >= 0.3 is 0 Å². The lowest BCUT2D eigenvalue weighted by Gasteiger charge is -2.40. The van der Waals surface area contributed by atoms with Crippen molar-refractivity contribution in [2.24, 2.45) is 5.92 Å². The Balaban J connectivity index is 1.05. The van der Waals surface area contributed by atoms with Crippen molar-refractivity contribution in [3.8, 4) is 0 Å². The molecule has 3 aliphatic rings. The lowest BCUT2D eigenvalue weighted by molar-refractivity contribution is -0.126. The highest BCUT2D eigenvalue weighted by atomic mass is 16.2. The quantitative estimate of drug-likeness (QED) is 0.584. The lowest BCUT2D eigenvalue weighted by Crippen LogP contribution is -2.48. The summed E-state index contributed by atoms with van der Waals surface area (Å²) in [4.78, 5) is 28.2. The lowest BCUT2D eigenvalue weighted by atomic mass is 9.74. The van der Waals surface area contributed by atoms with Crippen LogP contribution < -0.4 is 10.6 Å². The zero-order chi connectivity index (χ0) is 24.1. The molecule has 1 heterocycles. The first-order valence-electron chi connectivity index (χ1n) is 13.6. The third-order valence-electron chi connectivity index (χ3n) is 8.68. The number of aryl methyl sites for hydroxylation is 1. The van der Waals surface area contributed by atoms with Crippen molar-refractivity contribution in [1.82, 2.24) is 15.5 Å². The number of fused-ring (bicyclic) bond motifs is 2. The molecule has 2 aromatic carbocycles. The summed E-state index contributed by atoms with van der Waals surface area (Å²) < 4.78 is 0. The van der Waals surface area contributed by atoms with Crippen LogP contribution in [0.1, 0.15) is 72.9 Å². The minimum atomic E-state index is -0.131. The number of amides is 2. The molecule has 0 aromatic heterocycles. The Bertz CT molecular complexity index is 1010. The number of rotatable bonds is 7. The maximum atomic E-state index is 13.0. The van der Waals surface area contributed by atoms with Crippen LogP contribution in [0, 0.1) is 5.92 Å². The molecule has 1 saturated carbocycles. The van der Waals surface area contributed by atoms with Crippen LogP contribution in [-0.2, 0) is 16.6 Å². The van der Waals surface area contributed by atoms with Gasteiger partial charge in [-0.3, -0.25) is 9.59 Å². The molecule has 1 saturated heterocycles. The number of hydrogen-bond donors (Lipinski definition) is 2. The van der Waals surface area contributed by atoms with Gasteiger partial charge in [-0.05, 0) is 93.3 Å². The molecule has 0 bridgehead atoms. The topological polar surface area (TPSA) is 61.4 Å². The molecule has 0 radical (unpaired) electrons. The van der Waals surface area contributed by atoms with Gasteiger partial charge < -0.3 is 15.5 Å². The van der Waals surface area contributed by atoms with Gasteiger partial charge in [0.15, 0.2) is 0 Å². The van der Waals surface area contributed by atoms with Crippen molar-refractivity contribution in [2.45, 2.75) is 69.2 Å². The van der Waals surface area contributed by atoms with E-state index in [1.807, 2.05) is 30.3 Å². The summed E-state index contributed by atoms with van der Waals surface area (Å²) in [6.45, 7) is 4.05. The fraction of sp³-hybridized carbons (Fsp3) is 0.533. The molecule has 5 rings (SSSR count). The van der Waals surface area contributed by atoms with E-state index in [0.29, 0.717) is 17.5 Å². The highest BCUT2D eigenvalue weighted by Crippen LogP contribution is 2.46. The van der Waals surface area contributed by atoms with E-state index in [0.717, 1.165) is 51.7 Å². The second kappa shape index (κ2) is 10.9. The second-order valence-corrected chi connectivity index (χ2v) is 10.8. The van der Waals surface area contributed by atoms with Gasteiger partial charge in [-0.2, -0.15) is 0 Å². The molecule has 2 aromatic rings. The fourth-order valence-corrected chi connectivity index (χ4v) is 6.59. The van der Waals surface area contributed by atoms with Crippen LogP contribution in [0.3, 0.4) is 0 Å². The number of likely N-dealkylation sites (tertiary alicyclic amines) is 1. The number of hydrogen-bond acceptors (Lipinski definition) is 3. The van der Waals surface area contributed by atoms with E-state index < -0.39 is 0 Å². The van der Waals surface area contributed by atoms with Gasteiger partial charge in [0.05, 0.1) is 5.92 Å². The second-order valence-electron chi connectivity index (χ2n) is 10.8. The Labute approximate surface area is 209 Å². The molecule has 2 amide bonds. The molecule has 1 aliphatic heterocycles. The molecule has 2 aliphatic carbocycles. The Hall–Kier alpha value is -2.66. The fourth-order valence-electron chi connectivity index (χ4n) is 6.59. The van der Waals surface area contributed by atoms with E-state index in [4.69, 9.17) is 0 Å². The smallest absolute Gasteiger partial charge is 0.251 e. The summed E-state index contributed by atoms with van der Waals surface area (Å²) in [7, 11) is 0. The largest absolute Gasteiger partial charge is 0.356 e. The monoisotopic (exact) mass is 473 g/mol. The van der Waals surface area contributed by atoms with Gasteiger partial charge in [-0.1, -0.05) is 55.3 Å². The van der Waals surface area contributed by atoms with Crippen LogP contribution in [0.2, 0.25) is 0 Å². The molecular formula is C30H39N3O2. The van der Waals surface area contributed by atoms with E-state index in [1.54, 1.807) is 11.1 Å². The number of nitrogens with one attached hydrogen (secondary N) is 2. The predicted molar refractivity (Wildman–Crippen MR) is 139 cm³/mol. The Kier molecular flexibility index (Phi) is 7.52. The summed E-state index contributed by atoms with van der Waals surface area (Å²) in [6.07, 6.45) is 9.84. The summed E-state index contributed by atoms with van der Waals surface area (Å²) in [5.41, 5.74) is 4.22. The van der Waals surface area contributed by atoms with Crippen LogP contribution in [0.25, 0.3) is 0 Å². The number of benzene rings is 2. The minimum Gasteiger partial charge on any atom is -0.356 e. The SMILES string of the molecule is O=C(N[C@H]1CCCC[C@H]1C(=O)NCCCN1CCC2(CCc3ccccc32)CC1)c1ccccc1. The van der Waals surface area contributed by atoms with Crippen LogP contribution in [0.4, 0.5) is 0 Å². The number of piperidine rings is 1. The zero-order valence-electron chi connectivity index (χ0n) is 20.8. The van der Waals surface area contributed by atoms with Gasteiger partial charge in [0, 0.05) is 18.2 Å². The van der Waals surface area contributed by atoms with Crippen LogP contribution in [0.15, 0.2) is 54.6 Å². The van der Waals surface area contributed by atoms with Crippen molar-refractivity contribution in [1.29, 1.82) is 0 Å². The van der Waals surface area contributed by atoms with E-state index in [1.165, 1.54) is 25.7 Å². The molecule has 1 spiro atoms. The summed E-state index contributed by atoms with van der Waals surface area (Å²) in [5.74, 6) is -0.111. The van der Waals surface area contributed by atoms with Crippen molar-refractivity contribution >= 4 is 11.8 Å². The molecule has 35 heavy (non-hydrogen) atoms. The maximum absolute atomic E-state index is 13.0. The van der Waals surface area contributed by atoms with Crippen molar-refractivity contribution in [2.75, 3.05) is 26.2 Å². The average molecular weight is 474 g/mol. The van der Waals surface area contributed by atoms with Crippen molar-refractivity contribution in [3.63, 3.8) is 0 Å². The van der Waals surface area contributed by atoms with Gasteiger partial charge in [-0.25, -0.2) is 0 Å². The highest BCUT2D eigenvalue weighted by Gasteiger charge is 2.40. The predicted octanol–water partition coefficient (Wildman–Crippen LogP) is 4.46. The number of carbonyl (C=O) groups excluding carboxylic acids is 2. The van der Waals surface area contributed by atoms with Crippen molar-refractivity contribution < 1.29 is 9.59 Å². The number of carbonyl (C=O) groups is 2. The van der Waals surface area contributed by atoms with E-state index in [-0.39, 0.29) is 23.8 Å². The molecule has 5 heteroatoms. The molecular weight excluding hydrogens is 434 g/mol. The normalized spacial score (nSPS) is 23.5. The van der Waals surface area contributed by atoms with Crippen LogP contribution >= 0.6 is 0 Å². The molecule has 2 N–H and O–H groups in total. The zero-order valence-corrected chi connectivity index (χ0v) is 20.8. The van der Waals surface area contributed by atoms with E-state index >= 15 is 0 Å². The van der Waals surface area contributed by atoms with Gasteiger partial charge in [0.2, 0.25) is 5.91 Å². The first-order valence-corrected chi connectivity index (χ1v) is 13.6. The first kappa shape index (κ1) is 24.1. The van der Waals surface area contributed by atoms with Gasteiger partial charge in [0.1, 0.15) is 0 Å². The Morgan fingerprint density at radius 1 is 0.914 bits per heavy atom. The van der Waals surface area contributed by atoms with E-state index in [9.17, 15) is 9.59 Å². The summed E-state index contributed by atoms with van der Waals surface area (Å²) >= 11 is 0. The molecule has 5 nitrogen and oxygen atoms in total. The third kappa shape index (κ3) is 5.45. The molecule has 2 atom stereocenters. The molecule has 0 unspecified atom stereocenters. The Morgan fingerprint density at radius 3 is 2.49 bits per heavy atom. The van der Waals surface area contributed by atoms with Crippen LogP contribution in [-0.4, -0.2) is 48.9 Å².